The van der Waals surface area contributed by atoms with Crippen LogP contribution < -0.4 is 0 Å². The van der Waals surface area contributed by atoms with Crippen molar-refractivity contribution in [1.82, 2.24) is 4.90 Å². The summed E-state index contributed by atoms with van der Waals surface area (Å²) < 4.78 is 0. The van der Waals surface area contributed by atoms with E-state index < -0.39 is 0 Å². The van der Waals surface area contributed by atoms with Gasteiger partial charge in [-0.2, -0.15) is 0 Å². The quantitative estimate of drug-likeness (QED) is 0.496. The molecule has 0 aromatic rings. The highest BCUT2D eigenvalue weighted by Crippen LogP contribution is 2.17. The molecule has 1 fully saturated rings. The van der Waals surface area contributed by atoms with E-state index in [0.29, 0.717) is 13.0 Å². The van der Waals surface area contributed by atoms with Crippen LogP contribution >= 0.6 is 0 Å². The van der Waals surface area contributed by atoms with E-state index in [1.54, 1.807) is 6.92 Å². The van der Waals surface area contributed by atoms with Gasteiger partial charge in [0.1, 0.15) is 0 Å². The van der Waals surface area contributed by atoms with Gasteiger partial charge in [-0.3, -0.25) is 14.5 Å². The van der Waals surface area contributed by atoms with E-state index in [2.05, 4.69) is 0 Å². The Hall–Kier alpha value is -0.860. The number of amides is 2. The predicted molar refractivity (Wildman–Crippen MR) is 36.2 cm³/mol. The van der Waals surface area contributed by atoms with E-state index in [-0.39, 0.29) is 17.7 Å². The van der Waals surface area contributed by atoms with Crippen molar-refractivity contribution in [2.24, 2.45) is 5.92 Å². The number of carbonyl (C=O) groups excluding carboxylic acids is 2. The summed E-state index contributed by atoms with van der Waals surface area (Å²) in [6.45, 7) is 4.12. The lowest BCUT2D eigenvalue weighted by Crippen LogP contribution is -2.29. The Morgan fingerprint density at radius 2 is 2.20 bits per heavy atom. The molecule has 3 nitrogen and oxygen atoms in total. The van der Waals surface area contributed by atoms with Gasteiger partial charge in [-0.15, -0.1) is 0 Å². The second-order valence-corrected chi connectivity index (χ2v) is 2.58. The lowest BCUT2D eigenvalue weighted by molar-refractivity contribution is -0.138. The van der Waals surface area contributed by atoms with Crippen molar-refractivity contribution < 1.29 is 9.59 Å². The number of rotatable bonds is 1. The summed E-state index contributed by atoms with van der Waals surface area (Å²) in [6, 6.07) is 0. The normalized spacial score (nSPS) is 26.2. The van der Waals surface area contributed by atoms with Crippen molar-refractivity contribution in [1.29, 1.82) is 0 Å². The summed E-state index contributed by atoms with van der Waals surface area (Å²) in [6.07, 6.45) is 0.396. The molecular formula is C7H11NO2. The average molecular weight is 141 g/mol. The Balaban J connectivity index is 2.74. The molecule has 0 aromatic heterocycles. The molecular weight excluding hydrogens is 130 g/mol. The third-order valence-corrected chi connectivity index (χ3v) is 1.79. The van der Waals surface area contributed by atoms with E-state index in [1.807, 2.05) is 6.92 Å². The Bertz CT molecular complexity index is 176. The molecule has 1 aliphatic heterocycles. The molecule has 0 aromatic carbocycles. The van der Waals surface area contributed by atoms with Crippen LogP contribution in [0, 0.1) is 5.92 Å². The maximum atomic E-state index is 11.1. The molecule has 1 atom stereocenters. The Morgan fingerprint density at radius 3 is 2.40 bits per heavy atom. The van der Waals surface area contributed by atoms with Crippen LogP contribution in [-0.2, 0) is 9.59 Å². The van der Waals surface area contributed by atoms with E-state index in [0.717, 1.165) is 0 Å². The molecule has 2 amide bonds. The van der Waals surface area contributed by atoms with E-state index >= 15 is 0 Å². The van der Waals surface area contributed by atoms with Gasteiger partial charge in [0.2, 0.25) is 11.8 Å². The summed E-state index contributed by atoms with van der Waals surface area (Å²) in [5.74, 6) is -0.139. The monoisotopic (exact) mass is 141 g/mol. The van der Waals surface area contributed by atoms with Crippen LogP contribution in [0.25, 0.3) is 0 Å². The average Bonchev–Trinajstić information content (AvgIpc) is 2.09. The largest absolute Gasteiger partial charge is 0.283 e. The van der Waals surface area contributed by atoms with Crippen LogP contribution in [0.4, 0.5) is 0 Å². The molecule has 0 N–H and O–H groups in total. The number of likely N-dealkylation sites (tertiary alicyclic amines) is 1. The van der Waals surface area contributed by atoms with Gasteiger partial charge in [-0.25, -0.2) is 0 Å². The zero-order valence-corrected chi connectivity index (χ0v) is 6.26. The summed E-state index contributed by atoms with van der Waals surface area (Å²) in [4.78, 5) is 23.3. The number of imide groups is 1. The molecule has 1 aliphatic rings. The van der Waals surface area contributed by atoms with Crippen molar-refractivity contribution in [2.45, 2.75) is 20.3 Å². The predicted octanol–water partition coefficient (Wildman–Crippen LogP) is 0.401. The molecule has 0 bridgehead atoms. The molecule has 1 saturated heterocycles. The van der Waals surface area contributed by atoms with Crippen LogP contribution in [0.2, 0.25) is 0 Å². The van der Waals surface area contributed by atoms with Gasteiger partial charge in [0.15, 0.2) is 0 Å². The van der Waals surface area contributed by atoms with Crippen molar-refractivity contribution in [3.63, 3.8) is 0 Å². The fraction of sp³-hybridized carbons (Fsp3) is 0.714. The van der Waals surface area contributed by atoms with Gasteiger partial charge in [-0.1, -0.05) is 6.92 Å². The molecule has 0 aliphatic carbocycles. The lowest BCUT2D eigenvalue weighted by Gasteiger charge is -2.09. The minimum atomic E-state index is -0.0903. The molecule has 0 radical (unpaired) electrons. The highest BCUT2D eigenvalue weighted by Gasteiger charge is 2.33. The highest BCUT2D eigenvalue weighted by atomic mass is 16.2. The molecule has 3 heteroatoms. The number of nitrogens with zero attached hydrogens (tertiary/aromatic N) is 1. The second-order valence-electron chi connectivity index (χ2n) is 2.58. The topological polar surface area (TPSA) is 37.4 Å². The first-order chi connectivity index (χ1) is 4.66. The standard InChI is InChI=1S/C7H11NO2/c1-3-8-6(9)4-5(2)7(8)10/h5H,3-4H2,1-2H3. The van der Waals surface area contributed by atoms with Gasteiger partial charge < -0.3 is 0 Å². The number of hydrogen-bond donors (Lipinski definition) is 0. The van der Waals surface area contributed by atoms with Crippen LogP contribution in [0.5, 0.6) is 0 Å². The van der Waals surface area contributed by atoms with E-state index in [4.69, 9.17) is 0 Å². The SMILES string of the molecule is CCN1C(=O)CC(C)C1=O. The number of hydrogen-bond acceptors (Lipinski definition) is 2. The molecule has 56 valence electrons. The first-order valence-electron chi connectivity index (χ1n) is 3.51. The Labute approximate surface area is 60.0 Å². The lowest BCUT2D eigenvalue weighted by atomic mass is 10.1. The van der Waals surface area contributed by atoms with Crippen LogP contribution in [0.1, 0.15) is 20.3 Å². The van der Waals surface area contributed by atoms with Crippen LogP contribution in [0.3, 0.4) is 0 Å². The van der Waals surface area contributed by atoms with Gasteiger partial charge in [-0.05, 0) is 6.92 Å². The summed E-state index contributed by atoms with van der Waals surface area (Å²) in [5, 5.41) is 0. The van der Waals surface area contributed by atoms with Crippen molar-refractivity contribution in [2.75, 3.05) is 6.54 Å². The first kappa shape index (κ1) is 7.25. The van der Waals surface area contributed by atoms with Crippen molar-refractivity contribution >= 4 is 11.8 Å². The summed E-state index contributed by atoms with van der Waals surface area (Å²) in [7, 11) is 0. The minimum Gasteiger partial charge on any atom is -0.283 e. The second kappa shape index (κ2) is 2.40. The minimum absolute atomic E-state index is 0.0208. The number of carbonyl (C=O) groups is 2. The van der Waals surface area contributed by atoms with Crippen molar-refractivity contribution in [3.8, 4) is 0 Å². The fourth-order valence-electron chi connectivity index (χ4n) is 1.18. The van der Waals surface area contributed by atoms with Gasteiger partial charge >= 0.3 is 0 Å². The van der Waals surface area contributed by atoms with Gasteiger partial charge in [0.25, 0.3) is 0 Å². The zero-order valence-electron chi connectivity index (χ0n) is 6.26. The third-order valence-electron chi connectivity index (χ3n) is 1.79. The third kappa shape index (κ3) is 0.916. The van der Waals surface area contributed by atoms with Crippen LogP contribution in [-0.4, -0.2) is 23.3 Å². The first-order valence-corrected chi connectivity index (χ1v) is 3.51. The van der Waals surface area contributed by atoms with E-state index in [9.17, 15) is 9.59 Å². The molecule has 0 saturated carbocycles. The van der Waals surface area contributed by atoms with E-state index in [1.165, 1.54) is 4.90 Å². The highest BCUT2D eigenvalue weighted by molar-refractivity contribution is 6.03. The smallest absolute Gasteiger partial charge is 0.232 e. The Kier molecular flexibility index (Phi) is 1.74. The zero-order chi connectivity index (χ0) is 7.72. The molecule has 0 spiro atoms. The van der Waals surface area contributed by atoms with Gasteiger partial charge in [0.05, 0.1) is 0 Å². The fourth-order valence-corrected chi connectivity index (χ4v) is 1.18. The van der Waals surface area contributed by atoms with Crippen molar-refractivity contribution in [3.05, 3.63) is 0 Å². The Morgan fingerprint density at radius 1 is 1.60 bits per heavy atom. The molecule has 10 heavy (non-hydrogen) atoms. The molecule has 1 rings (SSSR count). The maximum absolute atomic E-state index is 11.1. The summed E-state index contributed by atoms with van der Waals surface area (Å²) >= 11 is 0. The van der Waals surface area contributed by atoms with Crippen LogP contribution in [0.15, 0.2) is 0 Å². The van der Waals surface area contributed by atoms with Gasteiger partial charge in [0, 0.05) is 18.9 Å². The maximum Gasteiger partial charge on any atom is 0.232 e. The molecule has 1 heterocycles. The molecule has 1 unspecified atom stereocenters. The summed E-state index contributed by atoms with van der Waals surface area (Å²) in [5.41, 5.74) is 0.